The molecule has 1 aliphatic rings. The summed E-state index contributed by atoms with van der Waals surface area (Å²) < 4.78 is 10.6. The Hall–Kier alpha value is -3.01. The molecule has 1 atom stereocenters. The van der Waals surface area contributed by atoms with E-state index in [9.17, 15) is 14.9 Å². The molecule has 1 aromatic carbocycles. The largest absolute Gasteiger partial charge is 0.493 e. The van der Waals surface area contributed by atoms with Gasteiger partial charge in [-0.05, 0) is 43.5 Å². The standard InChI is InChI=1S/C20H24N2O5/c1-13(20(24)25)27-17-9-8-14(11-18(17)26-2)10-15(12-21)19(23)22-16-6-4-3-5-7-16/h8-11,13,16H,3-7H2,1-2H3,(H,22,23)(H,24,25)/b15-10-/t13-/m1/s1. The summed E-state index contributed by atoms with van der Waals surface area (Å²) in [6.07, 6.45) is 5.68. The van der Waals surface area contributed by atoms with Crippen molar-refractivity contribution in [1.82, 2.24) is 5.32 Å². The molecule has 2 N–H and O–H groups in total. The Kier molecular flexibility index (Phi) is 7.24. The summed E-state index contributed by atoms with van der Waals surface area (Å²) in [6, 6.07) is 6.84. The van der Waals surface area contributed by atoms with Crippen molar-refractivity contribution in [1.29, 1.82) is 5.26 Å². The molecule has 0 aliphatic heterocycles. The van der Waals surface area contributed by atoms with Crippen molar-refractivity contribution in [3.63, 3.8) is 0 Å². The van der Waals surface area contributed by atoms with Gasteiger partial charge in [-0.1, -0.05) is 25.3 Å². The van der Waals surface area contributed by atoms with Gasteiger partial charge in [0.1, 0.15) is 11.6 Å². The Bertz CT molecular complexity index is 760. The smallest absolute Gasteiger partial charge is 0.344 e. The van der Waals surface area contributed by atoms with Crippen molar-refractivity contribution in [3.8, 4) is 17.6 Å². The highest BCUT2D eigenvalue weighted by molar-refractivity contribution is 6.01. The SMILES string of the molecule is COc1cc(/C=C(/C#N)C(=O)NC2CCCCC2)ccc1O[C@H](C)C(=O)O. The third-order valence-corrected chi connectivity index (χ3v) is 4.46. The van der Waals surface area contributed by atoms with Crippen LogP contribution in [-0.2, 0) is 9.59 Å². The van der Waals surface area contributed by atoms with Gasteiger partial charge in [-0.25, -0.2) is 4.79 Å². The molecule has 1 saturated carbocycles. The third-order valence-electron chi connectivity index (χ3n) is 4.46. The molecule has 27 heavy (non-hydrogen) atoms. The van der Waals surface area contributed by atoms with Crippen LogP contribution in [0, 0.1) is 11.3 Å². The average molecular weight is 372 g/mol. The molecule has 0 saturated heterocycles. The zero-order valence-electron chi connectivity index (χ0n) is 15.5. The molecule has 7 heteroatoms. The van der Waals surface area contributed by atoms with Gasteiger partial charge in [-0.3, -0.25) is 4.79 Å². The lowest BCUT2D eigenvalue weighted by Crippen LogP contribution is -2.36. The predicted octanol–water partition coefficient (Wildman–Crippen LogP) is 2.90. The van der Waals surface area contributed by atoms with E-state index in [1.54, 1.807) is 18.2 Å². The van der Waals surface area contributed by atoms with E-state index in [1.807, 2.05) is 6.07 Å². The number of carbonyl (C=O) groups excluding carboxylic acids is 1. The zero-order chi connectivity index (χ0) is 19.8. The van der Waals surface area contributed by atoms with Gasteiger partial charge in [0.15, 0.2) is 17.6 Å². The summed E-state index contributed by atoms with van der Waals surface area (Å²) in [5.41, 5.74) is 0.590. The molecule has 1 aromatic rings. The summed E-state index contributed by atoms with van der Waals surface area (Å²) in [4.78, 5) is 23.3. The number of carbonyl (C=O) groups is 2. The highest BCUT2D eigenvalue weighted by Gasteiger charge is 2.19. The van der Waals surface area contributed by atoms with Gasteiger partial charge < -0.3 is 19.9 Å². The predicted molar refractivity (Wildman–Crippen MR) is 99.3 cm³/mol. The molecular formula is C20H24N2O5. The van der Waals surface area contributed by atoms with Crippen LogP contribution in [0.4, 0.5) is 0 Å². The number of rotatable bonds is 7. The molecule has 0 unspecified atom stereocenters. The van der Waals surface area contributed by atoms with Crippen molar-refractivity contribution >= 4 is 18.0 Å². The molecule has 7 nitrogen and oxygen atoms in total. The quantitative estimate of drug-likeness (QED) is 0.563. The number of nitrogens with zero attached hydrogens (tertiary/aromatic N) is 1. The van der Waals surface area contributed by atoms with Gasteiger partial charge in [0.2, 0.25) is 0 Å². The number of methoxy groups -OCH3 is 1. The number of carboxylic acids is 1. The molecule has 0 radical (unpaired) electrons. The van der Waals surface area contributed by atoms with Crippen LogP contribution in [0.3, 0.4) is 0 Å². The molecule has 2 rings (SSSR count). The first-order valence-corrected chi connectivity index (χ1v) is 8.94. The third kappa shape index (κ3) is 5.74. The van der Waals surface area contributed by atoms with E-state index >= 15 is 0 Å². The van der Waals surface area contributed by atoms with Gasteiger partial charge in [-0.15, -0.1) is 0 Å². The second-order valence-electron chi connectivity index (χ2n) is 6.49. The lowest BCUT2D eigenvalue weighted by Gasteiger charge is -2.22. The minimum Gasteiger partial charge on any atom is -0.493 e. The lowest BCUT2D eigenvalue weighted by atomic mass is 9.95. The number of ether oxygens (including phenoxy) is 2. The summed E-state index contributed by atoms with van der Waals surface area (Å²) in [5.74, 6) is -0.882. The molecule has 0 aromatic heterocycles. The van der Waals surface area contributed by atoms with E-state index < -0.39 is 12.1 Å². The monoisotopic (exact) mass is 372 g/mol. The first kappa shape index (κ1) is 20.3. The highest BCUT2D eigenvalue weighted by Crippen LogP contribution is 2.30. The van der Waals surface area contributed by atoms with Crippen LogP contribution in [0.15, 0.2) is 23.8 Å². The summed E-state index contributed by atoms with van der Waals surface area (Å²) >= 11 is 0. The van der Waals surface area contributed by atoms with Gasteiger partial charge in [0.05, 0.1) is 7.11 Å². The number of aliphatic carboxylic acids is 1. The number of nitriles is 1. The van der Waals surface area contributed by atoms with Crippen LogP contribution in [0.2, 0.25) is 0 Å². The fourth-order valence-electron chi connectivity index (χ4n) is 2.94. The second-order valence-corrected chi connectivity index (χ2v) is 6.49. The Labute approximate surface area is 158 Å². The summed E-state index contributed by atoms with van der Waals surface area (Å²) in [5, 5.41) is 21.2. The highest BCUT2D eigenvalue weighted by atomic mass is 16.5. The van der Waals surface area contributed by atoms with Gasteiger partial charge in [-0.2, -0.15) is 5.26 Å². The van der Waals surface area contributed by atoms with Crippen molar-refractivity contribution in [3.05, 3.63) is 29.3 Å². The Morgan fingerprint density at radius 1 is 1.30 bits per heavy atom. The van der Waals surface area contributed by atoms with Gasteiger partial charge in [0.25, 0.3) is 5.91 Å². The summed E-state index contributed by atoms with van der Waals surface area (Å²) in [6.45, 7) is 1.42. The van der Waals surface area contributed by atoms with Crippen LogP contribution in [0.5, 0.6) is 11.5 Å². The maximum atomic E-state index is 12.4. The lowest BCUT2D eigenvalue weighted by molar-refractivity contribution is -0.144. The molecule has 0 bridgehead atoms. The van der Waals surface area contributed by atoms with Crippen molar-refractivity contribution in [2.45, 2.75) is 51.2 Å². The number of benzene rings is 1. The molecule has 0 heterocycles. The molecule has 1 fully saturated rings. The maximum absolute atomic E-state index is 12.4. The fourth-order valence-corrected chi connectivity index (χ4v) is 2.94. The molecular weight excluding hydrogens is 348 g/mol. The molecule has 1 amide bonds. The van der Waals surface area contributed by atoms with Crippen molar-refractivity contribution in [2.24, 2.45) is 0 Å². The van der Waals surface area contributed by atoms with Crippen LogP contribution in [0.25, 0.3) is 6.08 Å². The van der Waals surface area contributed by atoms with Crippen LogP contribution in [-0.4, -0.2) is 36.2 Å². The molecule has 144 valence electrons. The normalized spacial score (nSPS) is 16.1. The molecule has 0 spiro atoms. The van der Waals surface area contributed by atoms with E-state index in [0.717, 1.165) is 25.7 Å². The fraction of sp³-hybridized carbons (Fsp3) is 0.450. The van der Waals surface area contributed by atoms with E-state index in [0.29, 0.717) is 11.3 Å². The number of hydrogen-bond acceptors (Lipinski definition) is 5. The van der Waals surface area contributed by atoms with Crippen molar-refractivity contribution in [2.75, 3.05) is 7.11 Å². The Morgan fingerprint density at radius 2 is 2.00 bits per heavy atom. The van der Waals surface area contributed by atoms with Crippen LogP contribution in [0.1, 0.15) is 44.6 Å². The molecule has 1 aliphatic carbocycles. The van der Waals surface area contributed by atoms with E-state index in [-0.39, 0.29) is 23.3 Å². The minimum absolute atomic E-state index is 0.00944. The number of carboxylic acid groups (broad SMARTS) is 1. The van der Waals surface area contributed by atoms with E-state index in [1.165, 1.54) is 26.5 Å². The minimum atomic E-state index is -1.09. The Balaban J connectivity index is 2.16. The number of nitrogens with one attached hydrogen (secondary N) is 1. The number of amides is 1. The van der Waals surface area contributed by atoms with Crippen molar-refractivity contribution < 1.29 is 24.2 Å². The van der Waals surface area contributed by atoms with Gasteiger partial charge in [0, 0.05) is 6.04 Å². The topological polar surface area (TPSA) is 109 Å². The summed E-state index contributed by atoms with van der Waals surface area (Å²) in [7, 11) is 1.43. The van der Waals surface area contributed by atoms with Gasteiger partial charge >= 0.3 is 5.97 Å². The Morgan fingerprint density at radius 3 is 2.59 bits per heavy atom. The van der Waals surface area contributed by atoms with Crippen LogP contribution >= 0.6 is 0 Å². The second kappa shape index (κ2) is 9.62. The zero-order valence-corrected chi connectivity index (χ0v) is 15.5. The first-order valence-electron chi connectivity index (χ1n) is 8.94. The first-order chi connectivity index (χ1) is 12.9. The van der Waals surface area contributed by atoms with E-state index in [4.69, 9.17) is 14.6 Å². The number of hydrogen-bond donors (Lipinski definition) is 2. The van der Waals surface area contributed by atoms with E-state index in [2.05, 4.69) is 5.32 Å². The maximum Gasteiger partial charge on any atom is 0.344 e. The van der Waals surface area contributed by atoms with Crippen LogP contribution < -0.4 is 14.8 Å². The average Bonchev–Trinajstić information content (AvgIpc) is 2.67.